The van der Waals surface area contributed by atoms with Gasteiger partial charge in [0.1, 0.15) is 0 Å². The summed E-state index contributed by atoms with van der Waals surface area (Å²) in [4.78, 5) is 47.0. The van der Waals surface area contributed by atoms with Gasteiger partial charge in [0.05, 0.1) is 41.7 Å². The number of benzene rings is 2. The van der Waals surface area contributed by atoms with Gasteiger partial charge < -0.3 is 14.8 Å². The Hall–Kier alpha value is -4.01. The fourth-order valence-corrected chi connectivity index (χ4v) is 2.90. The standard InChI is InChI=1S/C23H24N2O7/c1-15(2)32-22(27)14-19(18-6-4-5-7-20(18)25(29)30)24-21(26)13-10-16-8-11-17(12-9-16)23(28)31-3/h4-13,15,19H,14H2,1-3H3,(H,24,26)/b13-10+. The molecule has 0 saturated heterocycles. The van der Waals surface area contributed by atoms with E-state index in [0.717, 1.165) is 0 Å². The highest BCUT2D eigenvalue weighted by atomic mass is 16.6. The van der Waals surface area contributed by atoms with E-state index in [1.54, 1.807) is 44.2 Å². The van der Waals surface area contributed by atoms with Crippen LogP contribution in [0.25, 0.3) is 6.08 Å². The van der Waals surface area contributed by atoms with Gasteiger partial charge in [0.2, 0.25) is 5.91 Å². The maximum Gasteiger partial charge on any atom is 0.337 e. The summed E-state index contributed by atoms with van der Waals surface area (Å²) >= 11 is 0. The van der Waals surface area contributed by atoms with Gasteiger partial charge in [-0.1, -0.05) is 30.3 Å². The number of esters is 2. The molecule has 32 heavy (non-hydrogen) atoms. The molecule has 2 aromatic rings. The van der Waals surface area contributed by atoms with E-state index in [0.29, 0.717) is 11.1 Å². The number of ether oxygens (including phenoxy) is 2. The average molecular weight is 440 g/mol. The summed E-state index contributed by atoms with van der Waals surface area (Å²) in [6, 6.07) is 11.3. The van der Waals surface area contributed by atoms with Gasteiger partial charge in [0, 0.05) is 12.1 Å². The van der Waals surface area contributed by atoms with Crippen molar-refractivity contribution < 1.29 is 28.8 Å². The zero-order chi connectivity index (χ0) is 23.7. The first-order chi connectivity index (χ1) is 15.2. The van der Waals surface area contributed by atoms with Crippen LogP contribution in [0.15, 0.2) is 54.6 Å². The molecule has 0 aliphatic rings. The van der Waals surface area contributed by atoms with Crippen molar-refractivity contribution in [2.45, 2.75) is 32.4 Å². The molecule has 0 fully saturated rings. The number of para-hydroxylation sites is 1. The number of hydrogen-bond acceptors (Lipinski definition) is 7. The number of nitrogens with zero attached hydrogens (tertiary/aromatic N) is 1. The molecule has 1 unspecified atom stereocenters. The highest BCUT2D eigenvalue weighted by Gasteiger charge is 2.26. The van der Waals surface area contributed by atoms with Crippen molar-refractivity contribution in [3.05, 3.63) is 81.4 Å². The molecule has 0 bridgehead atoms. The number of nitrogens with one attached hydrogen (secondary N) is 1. The first kappa shape index (κ1) is 24.3. The third-order valence-electron chi connectivity index (χ3n) is 4.32. The molecular formula is C23H24N2O7. The second kappa shape index (κ2) is 11.4. The van der Waals surface area contributed by atoms with Gasteiger partial charge in [-0.15, -0.1) is 0 Å². The van der Waals surface area contributed by atoms with E-state index in [2.05, 4.69) is 10.1 Å². The van der Waals surface area contributed by atoms with Gasteiger partial charge in [0.15, 0.2) is 0 Å². The van der Waals surface area contributed by atoms with Gasteiger partial charge in [-0.3, -0.25) is 19.7 Å². The van der Waals surface area contributed by atoms with E-state index in [1.807, 2.05) is 0 Å². The predicted molar refractivity (Wildman–Crippen MR) is 117 cm³/mol. The number of carbonyl (C=O) groups is 3. The Bertz CT molecular complexity index is 1010. The zero-order valence-electron chi connectivity index (χ0n) is 17.9. The van der Waals surface area contributed by atoms with Crippen molar-refractivity contribution in [3.63, 3.8) is 0 Å². The molecular weight excluding hydrogens is 416 g/mol. The van der Waals surface area contributed by atoms with Crippen LogP contribution in [0.4, 0.5) is 5.69 Å². The van der Waals surface area contributed by atoms with Crippen molar-refractivity contribution in [3.8, 4) is 0 Å². The number of nitro benzene ring substituents is 1. The van der Waals surface area contributed by atoms with Crippen LogP contribution in [0.3, 0.4) is 0 Å². The Labute approximate surface area is 185 Å². The van der Waals surface area contributed by atoms with Crippen LogP contribution >= 0.6 is 0 Å². The SMILES string of the molecule is COC(=O)c1ccc(/C=C/C(=O)NC(CC(=O)OC(C)C)c2ccccc2[N+](=O)[O-])cc1. The van der Waals surface area contributed by atoms with Crippen LogP contribution < -0.4 is 5.32 Å². The lowest BCUT2D eigenvalue weighted by molar-refractivity contribution is -0.385. The zero-order valence-corrected chi connectivity index (χ0v) is 17.9. The first-order valence-corrected chi connectivity index (χ1v) is 9.81. The second-order valence-electron chi connectivity index (χ2n) is 7.07. The Morgan fingerprint density at radius 3 is 2.34 bits per heavy atom. The number of amides is 1. The van der Waals surface area contributed by atoms with Crippen molar-refractivity contribution in [2.24, 2.45) is 0 Å². The van der Waals surface area contributed by atoms with Gasteiger partial charge in [-0.25, -0.2) is 4.79 Å². The van der Waals surface area contributed by atoms with Gasteiger partial charge >= 0.3 is 11.9 Å². The summed E-state index contributed by atoms with van der Waals surface area (Å²) in [5.74, 6) is -1.62. The third-order valence-corrected chi connectivity index (χ3v) is 4.32. The number of hydrogen-bond donors (Lipinski definition) is 1. The number of nitro groups is 1. The summed E-state index contributed by atoms with van der Waals surface area (Å²) in [7, 11) is 1.28. The Morgan fingerprint density at radius 1 is 1.09 bits per heavy atom. The molecule has 0 aliphatic carbocycles. The summed E-state index contributed by atoms with van der Waals surface area (Å²) < 4.78 is 9.77. The monoisotopic (exact) mass is 440 g/mol. The average Bonchev–Trinajstić information content (AvgIpc) is 2.76. The molecule has 0 radical (unpaired) electrons. The minimum absolute atomic E-state index is 0.197. The van der Waals surface area contributed by atoms with Crippen molar-refractivity contribution in [1.82, 2.24) is 5.32 Å². The highest BCUT2D eigenvalue weighted by molar-refractivity contribution is 5.93. The molecule has 1 atom stereocenters. The molecule has 0 aliphatic heterocycles. The summed E-state index contributed by atoms with van der Waals surface area (Å²) in [6.45, 7) is 3.37. The topological polar surface area (TPSA) is 125 Å². The third kappa shape index (κ3) is 7.05. The molecule has 2 aromatic carbocycles. The van der Waals surface area contributed by atoms with Crippen molar-refractivity contribution in [2.75, 3.05) is 7.11 Å². The molecule has 168 valence electrons. The lowest BCUT2D eigenvalue weighted by Gasteiger charge is -2.18. The highest BCUT2D eigenvalue weighted by Crippen LogP contribution is 2.27. The molecule has 0 spiro atoms. The molecule has 9 nitrogen and oxygen atoms in total. The molecule has 2 rings (SSSR count). The quantitative estimate of drug-likeness (QED) is 0.273. The molecule has 0 aromatic heterocycles. The largest absolute Gasteiger partial charge is 0.465 e. The number of methoxy groups -OCH3 is 1. The van der Waals surface area contributed by atoms with Crippen molar-refractivity contribution >= 4 is 29.6 Å². The molecule has 0 heterocycles. The Balaban J connectivity index is 2.20. The van der Waals surface area contributed by atoms with E-state index in [-0.39, 0.29) is 23.8 Å². The van der Waals surface area contributed by atoms with Crippen LogP contribution in [-0.2, 0) is 19.1 Å². The Morgan fingerprint density at radius 2 is 1.75 bits per heavy atom. The summed E-state index contributed by atoms with van der Waals surface area (Å²) in [6.07, 6.45) is 2.12. The molecule has 1 N–H and O–H groups in total. The molecule has 0 saturated carbocycles. The second-order valence-corrected chi connectivity index (χ2v) is 7.07. The van der Waals surface area contributed by atoms with Crippen LogP contribution in [0.1, 0.15) is 47.8 Å². The van der Waals surface area contributed by atoms with E-state index in [1.165, 1.54) is 37.5 Å². The lowest BCUT2D eigenvalue weighted by Crippen LogP contribution is -2.30. The van der Waals surface area contributed by atoms with E-state index >= 15 is 0 Å². The van der Waals surface area contributed by atoms with Crippen LogP contribution in [0, 0.1) is 10.1 Å². The van der Waals surface area contributed by atoms with E-state index in [9.17, 15) is 24.5 Å². The fraction of sp³-hybridized carbons (Fsp3) is 0.261. The minimum atomic E-state index is -0.957. The fourth-order valence-electron chi connectivity index (χ4n) is 2.90. The number of carbonyl (C=O) groups excluding carboxylic acids is 3. The maximum atomic E-state index is 12.5. The van der Waals surface area contributed by atoms with Crippen LogP contribution in [0.2, 0.25) is 0 Å². The summed E-state index contributed by atoms with van der Waals surface area (Å²) in [5.41, 5.74) is 1.00. The smallest absolute Gasteiger partial charge is 0.337 e. The van der Waals surface area contributed by atoms with Gasteiger partial charge in [-0.05, 0) is 37.6 Å². The summed E-state index contributed by atoms with van der Waals surface area (Å²) in [5, 5.41) is 14.0. The normalized spacial score (nSPS) is 11.8. The van der Waals surface area contributed by atoms with E-state index in [4.69, 9.17) is 4.74 Å². The Kier molecular flexibility index (Phi) is 8.64. The van der Waals surface area contributed by atoms with Crippen LogP contribution in [0.5, 0.6) is 0 Å². The van der Waals surface area contributed by atoms with Crippen molar-refractivity contribution in [1.29, 1.82) is 0 Å². The first-order valence-electron chi connectivity index (χ1n) is 9.81. The van der Waals surface area contributed by atoms with E-state index < -0.39 is 28.8 Å². The van der Waals surface area contributed by atoms with Crippen LogP contribution in [-0.4, -0.2) is 36.0 Å². The molecule has 9 heteroatoms. The van der Waals surface area contributed by atoms with Gasteiger partial charge in [-0.2, -0.15) is 0 Å². The maximum absolute atomic E-state index is 12.5. The predicted octanol–water partition coefficient (Wildman–Crippen LogP) is 3.59. The molecule has 1 amide bonds. The minimum Gasteiger partial charge on any atom is -0.465 e. The van der Waals surface area contributed by atoms with Gasteiger partial charge in [0.25, 0.3) is 5.69 Å². The number of rotatable bonds is 9. The lowest BCUT2D eigenvalue weighted by atomic mass is 10.0.